The third-order valence-corrected chi connectivity index (χ3v) is 6.02. The van der Waals surface area contributed by atoms with Crippen LogP contribution >= 0.6 is 11.3 Å². The fraction of sp³-hybridized carbons (Fsp3) is 0.0769. The quantitative estimate of drug-likeness (QED) is 0.267. The molecule has 0 radical (unpaired) electrons. The Morgan fingerprint density at radius 3 is 2.74 bits per heavy atom. The maximum atomic E-state index is 12.4. The Kier molecular flexibility index (Phi) is 5.88. The molecule has 0 unspecified atom stereocenters. The van der Waals surface area contributed by atoms with Gasteiger partial charge in [0.2, 0.25) is 0 Å². The molecule has 0 saturated carbocycles. The van der Waals surface area contributed by atoms with E-state index in [2.05, 4.69) is 4.98 Å². The summed E-state index contributed by atoms with van der Waals surface area (Å²) in [4.78, 5) is 30.2. The van der Waals surface area contributed by atoms with Crippen LogP contribution in [0.3, 0.4) is 0 Å². The van der Waals surface area contributed by atoms with Gasteiger partial charge in [-0.1, -0.05) is 30.3 Å². The number of pyridine rings is 1. The number of rotatable bonds is 6. The Morgan fingerprint density at radius 2 is 1.94 bits per heavy atom. The second-order valence-electron chi connectivity index (χ2n) is 7.65. The van der Waals surface area contributed by atoms with E-state index in [1.165, 1.54) is 16.5 Å². The Balaban J connectivity index is 1.34. The van der Waals surface area contributed by atoms with Gasteiger partial charge in [-0.15, -0.1) is 11.3 Å². The lowest BCUT2D eigenvalue weighted by atomic mass is 10.2. The molecule has 168 valence electrons. The Labute approximate surface area is 199 Å². The van der Waals surface area contributed by atoms with Crippen molar-refractivity contribution in [2.45, 2.75) is 13.5 Å². The van der Waals surface area contributed by atoms with Gasteiger partial charge < -0.3 is 4.74 Å². The second-order valence-corrected chi connectivity index (χ2v) is 8.60. The number of para-hydroxylation sites is 1. The van der Waals surface area contributed by atoms with E-state index in [1.807, 2.05) is 67.0 Å². The minimum absolute atomic E-state index is 0.0934. The van der Waals surface area contributed by atoms with Gasteiger partial charge in [-0.05, 0) is 48.2 Å². The van der Waals surface area contributed by atoms with Crippen LogP contribution in [0.5, 0.6) is 0 Å². The van der Waals surface area contributed by atoms with Crippen molar-refractivity contribution in [1.82, 2.24) is 19.2 Å². The van der Waals surface area contributed by atoms with Crippen molar-refractivity contribution in [1.29, 1.82) is 0 Å². The van der Waals surface area contributed by atoms with Crippen LogP contribution in [0.15, 0.2) is 89.3 Å². The molecule has 0 aliphatic carbocycles. The molecule has 8 heteroatoms. The summed E-state index contributed by atoms with van der Waals surface area (Å²) in [6.45, 7) is 1.81. The second kappa shape index (κ2) is 9.29. The summed E-state index contributed by atoms with van der Waals surface area (Å²) in [6, 6.07) is 18.7. The SMILES string of the molecule is Cc1ccc2nc(COC(=O)C=Cc3cn(-c4ccccc4)nc3-c3cccs3)cc(=O)n2c1. The molecule has 0 amide bonds. The maximum absolute atomic E-state index is 12.4. The van der Waals surface area contributed by atoms with Gasteiger partial charge in [-0.3, -0.25) is 9.20 Å². The molecule has 5 aromatic rings. The predicted molar refractivity (Wildman–Crippen MR) is 132 cm³/mol. The highest BCUT2D eigenvalue weighted by Gasteiger charge is 2.12. The van der Waals surface area contributed by atoms with Crippen LogP contribution in [0.2, 0.25) is 0 Å². The Bertz CT molecular complexity index is 1550. The first kappa shape index (κ1) is 21.5. The molecule has 4 aromatic heterocycles. The van der Waals surface area contributed by atoms with Crippen molar-refractivity contribution in [2.75, 3.05) is 0 Å². The molecule has 7 nitrogen and oxygen atoms in total. The maximum Gasteiger partial charge on any atom is 0.331 e. The van der Waals surface area contributed by atoms with Crippen LogP contribution < -0.4 is 5.56 Å². The average molecular weight is 469 g/mol. The van der Waals surface area contributed by atoms with Crippen LogP contribution in [0, 0.1) is 6.92 Å². The van der Waals surface area contributed by atoms with Crippen LogP contribution in [-0.2, 0) is 16.1 Å². The summed E-state index contributed by atoms with van der Waals surface area (Å²) in [6.07, 6.45) is 6.65. The van der Waals surface area contributed by atoms with Crippen molar-refractivity contribution in [3.63, 3.8) is 0 Å². The summed E-state index contributed by atoms with van der Waals surface area (Å²) in [5, 5.41) is 6.70. The van der Waals surface area contributed by atoms with Gasteiger partial charge in [-0.2, -0.15) is 5.10 Å². The van der Waals surface area contributed by atoms with Gasteiger partial charge in [0.15, 0.2) is 0 Å². The van der Waals surface area contributed by atoms with Crippen molar-refractivity contribution >= 4 is 29.0 Å². The first-order chi connectivity index (χ1) is 16.6. The monoisotopic (exact) mass is 468 g/mol. The molecule has 5 rings (SSSR count). The van der Waals surface area contributed by atoms with E-state index in [1.54, 1.807) is 34.4 Å². The molecular formula is C26H20N4O3S. The molecule has 0 atom stereocenters. The average Bonchev–Trinajstić information content (AvgIpc) is 3.52. The van der Waals surface area contributed by atoms with Crippen molar-refractivity contribution in [3.8, 4) is 16.3 Å². The van der Waals surface area contributed by atoms with Crippen molar-refractivity contribution < 1.29 is 9.53 Å². The topological polar surface area (TPSA) is 78.5 Å². The first-order valence-corrected chi connectivity index (χ1v) is 11.5. The van der Waals surface area contributed by atoms with E-state index in [4.69, 9.17) is 9.84 Å². The molecule has 0 bridgehead atoms. The van der Waals surface area contributed by atoms with Crippen LogP contribution in [0.25, 0.3) is 28.0 Å². The highest BCUT2D eigenvalue weighted by molar-refractivity contribution is 7.13. The molecule has 0 aliphatic rings. The van der Waals surface area contributed by atoms with Gasteiger partial charge >= 0.3 is 5.97 Å². The number of fused-ring (bicyclic) bond motifs is 1. The highest BCUT2D eigenvalue weighted by Crippen LogP contribution is 2.28. The number of carbonyl (C=O) groups is 1. The zero-order chi connectivity index (χ0) is 23.5. The van der Waals surface area contributed by atoms with E-state index in [0.717, 1.165) is 27.4 Å². The Morgan fingerprint density at radius 1 is 1.09 bits per heavy atom. The third-order valence-electron chi connectivity index (χ3n) is 5.14. The Hall–Kier alpha value is -4.30. The molecular weight excluding hydrogens is 448 g/mol. The van der Waals surface area contributed by atoms with E-state index >= 15 is 0 Å². The zero-order valence-electron chi connectivity index (χ0n) is 18.3. The standard InChI is InChI=1S/C26H20N4O3S/c1-18-9-11-23-27-20(14-24(31)29(23)15-18)17-33-25(32)12-10-19-16-30(21-6-3-2-4-7-21)28-26(19)22-8-5-13-34-22/h2-16H,17H2,1H3. The fourth-order valence-corrected chi connectivity index (χ4v) is 4.24. The summed E-state index contributed by atoms with van der Waals surface area (Å²) in [5.74, 6) is -0.532. The van der Waals surface area contributed by atoms with Gasteiger partial charge in [0.25, 0.3) is 5.56 Å². The van der Waals surface area contributed by atoms with E-state index in [0.29, 0.717) is 11.3 Å². The van der Waals surface area contributed by atoms with E-state index < -0.39 is 5.97 Å². The van der Waals surface area contributed by atoms with Crippen LogP contribution in [0.1, 0.15) is 16.8 Å². The molecule has 0 aliphatic heterocycles. The predicted octanol–water partition coefficient (Wildman–Crippen LogP) is 4.67. The summed E-state index contributed by atoms with van der Waals surface area (Å²) in [7, 11) is 0. The van der Waals surface area contributed by atoms with Gasteiger partial charge in [0.1, 0.15) is 17.9 Å². The molecule has 0 fully saturated rings. The summed E-state index contributed by atoms with van der Waals surface area (Å²) >= 11 is 1.58. The number of aryl methyl sites for hydroxylation is 1. The first-order valence-electron chi connectivity index (χ1n) is 10.6. The minimum atomic E-state index is -0.532. The summed E-state index contributed by atoms with van der Waals surface area (Å²) in [5.41, 5.74) is 4.14. The lowest BCUT2D eigenvalue weighted by molar-refractivity contribution is -0.139. The molecule has 0 saturated heterocycles. The lowest BCUT2D eigenvalue weighted by Crippen LogP contribution is -2.16. The molecule has 4 heterocycles. The number of benzene rings is 1. The molecule has 1 aromatic carbocycles. The number of hydrogen-bond donors (Lipinski definition) is 0. The fourth-order valence-electron chi connectivity index (χ4n) is 3.51. The van der Waals surface area contributed by atoms with Crippen molar-refractivity contribution in [2.24, 2.45) is 0 Å². The number of hydrogen-bond acceptors (Lipinski definition) is 6. The smallest absolute Gasteiger partial charge is 0.331 e. The third kappa shape index (κ3) is 4.57. The van der Waals surface area contributed by atoms with Gasteiger partial charge in [-0.25, -0.2) is 14.5 Å². The number of thiophene rings is 1. The molecule has 0 spiro atoms. The van der Waals surface area contributed by atoms with E-state index in [9.17, 15) is 9.59 Å². The van der Waals surface area contributed by atoms with Crippen LogP contribution in [0.4, 0.5) is 0 Å². The van der Waals surface area contributed by atoms with Gasteiger partial charge in [0, 0.05) is 30.1 Å². The number of nitrogens with zero attached hydrogens (tertiary/aromatic N) is 4. The lowest BCUT2D eigenvalue weighted by Gasteiger charge is -2.05. The highest BCUT2D eigenvalue weighted by atomic mass is 32.1. The largest absolute Gasteiger partial charge is 0.456 e. The molecule has 0 N–H and O–H groups in total. The summed E-state index contributed by atoms with van der Waals surface area (Å²) < 4.78 is 8.59. The number of aromatic nitrogens is 4. The van der Waals surface area contributed by atoms with Crippen molar-refractivity contribution in [3.05, 3.63) is 112 Å². The molecule has 34 heavy (non-hydrogen) atoms. The number of esters is 1. The zero-order valence-corrected chi connectivity index (χ0v) is 19.1. The number of ether oxygens (including phenoxy) is 1. The number of carbonyl (C=O) groups excluding carboxylic acids is 1. The van der Waals surface area contributed by atoms with E-state index in [-0.39, 0.29) is 12.2 Å². The minimum Gasteiger partial charge on any atom is -0.456 e. The normalized spacial score (nSPS) is 11.3. The van der Waals surface area contributed by atoms with Crippen LogP contribution in [-0.4, -0.2) is 25.1 Å². The van der Waals surface area contributed by atoms with Gasteiger partial charge in [0.05, 0.1) is 16.3 Å².